The largest absolute Gasteiger partial charge is 0.478 e. The van der Waals surface area contributed by atoms with Gasteiger partial charge in [0.1, 0.15) is 5.03 Å². The third-order valence-electron chi connectivity index (χ3n) is 1.86. The van der Waals surface area contributed by atoms with E-state index in [-0.39, 0.29) is 5.56 Å². The Morgan fingerprint density at radius 2 is 2.40 bits per heavy atom. The Bertz CT molecular complexity index is 355. The molecule has 0 radical (unpaired) electrons. The molecule has 0 fully saturated rings. The van der Waals surface area contributed by atoms with Crippen molar-refractivity contribution in [3.8, 4) is 0 Å². The number of pyridine rings is 1. The number of carbonyl (C=O) groups is 1. The lowest BCUT2D eigenvalue weighted by molar-refractivity contribution is 0.0696. The van der Waals surface area contributed by atoms with Gasteiger partial charge in [0.15, 0.2) is 0 Å². The third-order valence-corrected chi connectivity index (χ3v) is 2.97. The predicted octanol–water partition coefficient (Wildman–Crippen LogP) is 2.25. The molecule has 1 heterocycles. The van der Waals surface area contributed by atoms with Crippen molar-refractivity contribution in [2.45, 2.75) is 24.8 Å². The average Bonchev–Trinajstić information content (AvgIpc) is 2.20. The Kier molecular flexibility index (Phi) is 4.42. The summed E-state index contributed by atoms with van der Waals surface area (Å²) >= 11 is 1.56. The van der Waals surface area contributed by atoms with E-state index < -0.39 is 5.97 Å². The molecule has 0 aliphatic rings. The van der Waals surface area contributed by atoms with Gasteiger partial charge in [-0.2, -0.15) is 0 Å². The van der Waals surface area contributed by atoms with Gasteiger partial charge in [-0.25, -0.2) is 9.78 Å². The molecule has 1 aromatic heterocycles. The van der Waals surface area contributed by atoms with E-state index in [2.05, 4.69) is 11.9 Å². The highest BCUT2D eigenvalue weighted by atomic mass is 32.2. The fraction of sp³-hybridized carbons (Fsp3) is 0.400. The number of thioether (sulfide) groups is 1. The van der Waals surface area contributed by atoms with E-state index in [9.17, 15) is 4.79 Å². The maximum atomic E-state index is 10.6. The molecule has 0 amide bonds. The molecule has 0 bridgehead atoms. The number of aromatic carboxylic acids is 1. The van der Waals surface area contributed by atoms with E-state index in [0.717, 1.165) is 18.6 Å². The fourth-order valence-electron chi connectivity index (χ4n) is 1.02. The lowest BCUT2D eigenvalue weighted by atomic mass is 10.3. The molecule has 1 aromatic rings. The normalized spacial score (nSPS) is 10.2. The summed E-state index contributed by atoms with van der Waals surface area (Å²) < 4.78 is 0. The Balaban J connectivity index is 2.70. The molecule has 3 N–H and O–H groups in total. The van der Waals surface area contributed by atoms with Gasteiger partial charge < -0.3 is 10.8 Å². The first-order valence-corrected chi connectivity index (χ1v) is 5.75. The zero-order valence-corrected chi connectivity index (χ0v) is 9.38. The van der Waals surface area contributed by atoms with Crippen LogP contribution in [0.1, 0.15) is 30.1 Å². The van der Waals surface area contributed by atoms with Gasteiger partial charge in [-0.1, -0.05) is 13.3 Å². The summed E-state index contributed by atoms with van der Waals surface area (Å²) in [5.74, 6) is -0.0422. The fourth-order valence-corrected chi connectivity index (χ4v) is 2.00. The van der Waals surface area contributed by atoms with Crippen molar-refractivity contribution in [2.24, 2.45) is 0 Å². The maximum Gasteiger partial charge on any atom is 0.337 e. The van der Waals surface area contributed by atoms with Crippen molar-refractivity contribution in [1.82, 2.24) is 4.98 Å². The highest BCUT2D eigenvalue weighted by Crippen LogP contribution is 2.23. The van der Waals surface area contributed by atoms with Gasteiger partial charge in [0.25, 0.3) is 0 Å². The van der Waals surface area contributed by atoms with E-state index in [0.29, 0.717) is 10.7 Å². The molecule has 0 aliphatic heterocycles. The van der Waals surface area contributed by atoms with Crippen molar-refractivity contribution in [1.29, 1.82) is 0 Å². The second-order valence-corrected chi connectivity index (χ2v) is 4.21. The number of hydrogen-bond donors (Lipinski definition) is 2. The Labute approximate surface area is 92.9 Å². The van der Waals surface area contributed by atoms with Gasteiger partial charge in [-0.15, -0.1) is 11.8 Å². The topological polar surface area (TPSA) is 76.2 Å². The molecule has 0 unspecified atom stereocenters. The summed E-state index contributed by atoms with van der Waals surface area (Å²) in [4.78, 5) is 14.7. The zero-order valence-electron chi connectivity index (χ0n) is 8.56. The number of nitrogen functional groups attached to an aromatic ring is 1. The van der Waals surface area contributed by atoms with E-state index in [1.54, 1.807) is 11.8 Å². The van der Waals surface area contributed by atoms with E-state index in [4.69, 9.17) is 10.8 Å². The van der Waals surface area contributed by atoms with E-state index >= 15 is 0 Å². The van der Waals surface area contributed by atoms with Crippen molar-refractivity contribution >= 4 is 23.4 Å². The van der Waals surface area contributed by atoms with Crippen LogP contribution in [0.4, 0.5) is 5.69 Å². The van der Waals surface area contributed by atoms with Gasteiger partial charge in [-0.05, 0) is 18.2 Å². The van der Waals surface area contributed by atoms with E-state index in [1.807, 2.05) is 0 Å². The highest BCUT2D eigenvalue weighted by Gasteiger charge is 2.07. The van der Waals surface area contributed by atoms with Crippen molar-refractivity contribution in [3.63, 3.8) is 0 Å². The minimum Gasteiger partial charge on any atom is -0.478 e. The maximum absolute atomic E-state index is 10.6. The Morgan fingerprint density at radius 1 is 1.67 bits per heavy atom. The summed E-state index contributed by atoms with van der Waals surface area (Å²) in [6.45, 7) is 2.12. The Hall–Kier alpha value is -1.23. The van der Waals surface area contributed by atoms with Crippen molar-refractivity contribution in [2.75, 3.05) is 11.5 Å². The minimum absolute atomic E-state index is 0.132. The number of rotatable bonds is 5. The van der Waals surface area contributed by atoms with Crippen LogP contribution in [-0.2, 0) is 0 Å². The summed E-state index contributed by atoms with van der Waals surface area (Å²) in [7, 11) is 0. The highest BCUT2D eigenvalue weighted by molar-refractivity contribution is 7.99. The van der Waals surface area contributed by atoms with E-state index in [1.165, 1.54) is 12.3 Å². The number of nitrogens with two attached hydrogens (primary N) is 1. The van der Waals surface area contributed by atoms with Crippen molar-refractivity contribution in [3.05, 3.63) is 17.8 Å². The van der Waals surface area contributed by atoms with Crippen LogP contribution < -0.4 is 5.73 Å². The van der Waals surface area contributed by atoms with Gasteiger partial charge in [0.2, 0.25) is 0 Å². The number of unbranched alkanes of at least 4 members (excludes halogenated alkanes) is 1. The number of anilines is 1. The zero-order chi connectivity index (χ0) is 11.3. The van der Waals surface area contributed by atoms with Crippen molar-refractivity contribution < 1.29 is 9.90 Å². The lowest BCUT2D eigenvalue weighted by Crippen LogP contribution is -2.01. The molecule has 0 aromatic carbocycles. The lowest BCUT2D eigenvalue weighted by Gasteiger charge is -2.04. The monoisotopic (exact) mass is 226 g/mol. The molecule has 82 valence electrons. The molecular formula is C10H14N2O2S. The van der Waals surface area contributed by atoms with Crippen LogP contribution in [0.15, 0.2) is 17.3 Å². The summed E-state index contributed by atoms with van der Waals surface area (Å²) in [5.41, 5.74) is 6.27. The van der Waals surface area contributed by atoms with Crippen LogP contribution in [0.3, 0.4) is 0 Å². The molecule has 15 heavy (non-hydrogen) atoms. The minimum atomic E-state index is -1.00. The molecule has 5 heteroatoms. The summed E-state index contributed by atoms with van der Waals surface area (Å²) in [6.07, 6.45) is 3.57. The van der Waals surface area contributed by atoms with Crippen LogP contribution in [0.2, 0.25) is 0 Å². The van der Waals surface area contributed by atoms with Crippen LogP contribution >= 0.6 is 11.8 Å². The smallest absolute Gasteiger partial charge is 0.337 e. The quantitative estimate of drug-likeness (QED) is 0.595. The van der Waals surface area contributed by atoms with Gasteiger partial charge in [0, 0.05) is 6.20 Å². The number of aromatic nitrogens is 1. The molecule has 0 saturated carbocycles. The second-order valence-electron chi connectivity index (χ2n) is 3.13. The first-order chi connectivity index (χ1) is 7.15. The molecule has 4 nitrogen and oxygen atoms in total. The van der Waals surface area contributed by atoms with Crippen LogP contribution in [0.25, 0.3) is 0 Å². The first-order valence-electron chi connectivity index (χ1n) is 4.76. The first kappa shape index (κ1) is 11.8. The predicted molar refractivity (Wildman–Crippen MR) is 61.2 cm³/mol. The Morgan fingerprint density at radius 3 is 2.93 bits per heavy atom. The molecular weight excluding hydrogens is 212 g/mol. The third kappa shape index (κ3) is 3.43. The van der Waals surface area contributed by atoms with Crippen LogP contribution in [-0.4, -0.2) is 21.8 Å². The van der Waals surface area contributed by atoms with Gasteiger partial charge >= 0.3 is 5.97 Å². The SMILES string of the molecule is CCCCSc1ncc(C(=O)O)cc1N. The molecule has 0 spiro atoms. The molecule has 0 aliphatic carbocycles. The average molecular weight is 226 g/mol. The standard InChI is InChI=1S/C10H14N2O2S/c1-2-3-4-15-9-8(11)5-7(6-12-9)10(13)14/h5-6H,2-4,11H2,1H3,(H,13,14). The molecule has 1 rings (SSSR count). The van der Waals surface area contributed by atoms with Gasteiger partial charge in [0.05, 0.1) is 11.3 Å². The second kappa shape index (κ2) is 5.60. The number of carboxylic acids is 1. The number of nitrogens with zero attached hydrogens (tertiary/aromatic N) is 1. The summed E-state index contributed by atoms with van der Waals surface area (Å²) in [5, 5.41) is 9.43. The number of carboxylic acid groups (broad SMARTS) is 1. The van der Waals surface area contributed by atoms with Crippen LogP contribution in [0, 0.1) is 0 Å². The molecule has 0 atom stereocenters. The summed E-state index contributed by atoms with van der Waals surface area (Å²) in [6, 6.07) is 1.45. The van der Waals surface area contributed by atoms with Crippen LogP contribution in [0.5, 0.6) is 0 Å². The van der Waals surface area contributed by atoms with Gasteiger partial charge in [-0.3, -0.25) is 0 Å². The number of hydrogen-bond acceptors (Lipinski definition) is 4. The molecule has 0 saturated heterocycles.